The van der Waals surface area contributed by atoms with Crippen LogP contribution < -0.4 is 14.8 Å². The molecule has 0 aromatic heterocycles. The van der Waals surface area contributed by atoms with Crippen LogP contribution in [0.15, 0.2) is 18.2 Å². The molecule has 1 atom stereocenters. The molecule has 1 aromatic carbocycles. The number of carbonyl (C=O) groups is 2. The lowest BCUT2D eigenvalue weighted by Gasteiger charge is -2.15. The van der Waals surface area contributed by atoms with Crippen LogP contribution in [0.2, 0.25) is 0 Å². The zero-order chi connectivity index (χ0) is 15.8. The van der Waals surface area contributed by atoms with Gasteiger partial charge in [0.2, 0.25) is 0 Å². The van der Waals surface area contributed by atoms with Crippen LogP contribution in [0.1, 0.15) is 37.0 Å². The Morgan fingerprint density at radius 1 is 1.29 bits per heavy atom. The molecule has 21 heavy (non-hydrogen) atoms. The zero-order valence-corrected chi connectivity index (χ0v) is 12.5. The fourth-order valence-corrected chi connectivity index (χ4v) is 1.87. The van der Waals surface area contributed by atoms with Crippen LogP contribution in [0.3, 0.4) is 0 Å². The summed E-state index contributed by atoms with van der Waals surface area (Å²) in [6.45, 7) is 4.13. The van der Waals surface area contributed by atoms with Gasteiger partial charge >= 0.3 is 5.97 Å². The summed E-state index contributed by atoms with van der Waals surface area (Å²) in [6.07, 6.45) is 1.06. The van der Waals surface area contributed by atoms with Crippen molar-refractivity contribution in [2.75, 3.05) is 13.7 Å². The van der Waals surface area contributed by atoms with Crippen molar-refractivity contribution < 1.29 is 24.2 Å². The van der Waals surface area contributed by atoms with Crippen molar-refractivity contribution in [2.24, 2.45) is 0 Å². The number of aliphatic carboxylic acids is 1. The van der Waals surface area contributed by atoms with Gasteiger partial charge in [-0.2, -0.15) is 0 Å². The first kappa shape index (κ1) is 16.8. The molecule has 0 spiro atoms. The largest absolute Gasteiger partial charge is 0.493 e. The van der Waals surface area contributed by atoms with Crippen LogP contribution in [0.25, 0.3) is 0 Å². The van der Waals surface area contributed by atoms with E-state index in [4.69, 9.17) is 14.6 Å². The Hall–Kier alpha value is -2.24. The summed E-state index contributed by atoms with van der Waals surface area (Å²) in [7, 11) is 1.51. The smallest absolute Gasteiger partial charge is 0.326 e. The maximum absolute atomic E-state index is 12.1. The molecule has 2 N–H and O–H groups in total. The monoisotopic (exact) mass is 295 g/mol. The fraction of sp³-hybridized carbons (Fsp3) is 0.467. The highest BCUT2D eigenvalue weighted by atomic mass is 16.5. The van der Waals surface area contributed by atoms with Gasteiger partial charge in [0, 0.05) is 5.56 Å². The lowest BCUT2D eigenvalue weighted by Crippen LogP contribution is -2.40. The molecule has 1 amide bonds. The van der Waals surface area contributed by atoms with E-state index < -0.39 is 17.9 Å². The van der Waals surface area contributed by atoms with Gasteiger partial charge in [-0.05, 0) is 31.5 Å². The average Bonchev–Trinajstić information content (AvgIpc) is 2.46. The summed E-state index contributed by atoms with van der Waals surface area (Å²) in [5.41, 5.74) is 0.335. The Kier molecular flexibility index (Phi) is 6.52. The lowest BCUT2D eigenvalue weighted by molar-refractivity contribution is -0.139. The molecule has 1 rings (SSSR count). The van der Waals surface area contributed by atoms with Gasteiger partial charge in [-0.25, -0.2) is 4.79 Å². The van der Waals surface area contributed by atoms with Crippen molar-refractivity contribution >= 4 is 11.9 Å². The molecule has 0 saturated carbocycles. The summed E-state index contributed by atoms with van der Waals surface area (Å²) >= 11 is 0. The van der Waals surface area contributed by atoms with E-state index in [1.165, 1.54) is 7.11 Å². The predicted octanol–water partition coefficient (Wildman–Crippen LogP) is 2.08. The Bertz CT molecular complexity index is 501. The number of benzene rings is 1. The summed E-state index contributed by atoms with van der Waals surface area (Å²) in [6, 6.07) is 3.85. The molecular formula is C15H21NO5. The first-order valence-corrected chi connectivity index (χ1v) is 6.87. The number of amides is 1. The van der Waals surface area contributed by atoms with E-state index in [1.807, 2.05) is 13.8 Å². The quantitative estimate of drug-likeness (QED) is 0.767. The Labute approximate surface area is 124 Å². The molecule has 6 nitrogen and oxygen atoms in total. The van der Waals surface area contributed by atoms with E-state index >= 15 is 0 Å². The van der Waals surface area contributed by atoms with Crippen LogP contribution >= 0.6 is 0 Å². The van der Waals surface area contributed by atoms with E-state index in [2.05, 4.69) is 5.32 Å². The second-order valence-corrected chi connectivity index (χ2v) is 4.45. The molecule has 6 heteroatoms. The number of carbonyl (C=O) groups excluding carboxylic acids is 1. The third-order valence-corrected chi connectivity index (χ3v) is 2.91. The molecule has 0 fully saturated rings. The van der Waals surface area contributed by atoms with E-state index in [9.17, 15) is 9.59 Å². The number of nitrogens with one attached hydrogen (secondary N) is 1. The van der Waals surface area contributed by atoms with Crippen molar-refractivity contribution in [3.8, 4) is 11.5 Å². The molecule has 0 aliphatic heterocycles. The number of hydrogen-bond acceptors (Lipinski definition) is 4. The molecule has 0 radical (unpaired) electrons. The molecule has 0 aliphatic carbocycles. The Morgan fingerprint density at radius 3 is 2.52 bits per heavy atom. The minimum absolute atomic E-state index is 0.335. The SMILES string of the molecule is CCC[C@H](NC(=O)c1ccc(OC)c(OCC)c1)C(=O)O. The normalized spacial score (nSPS) is 11.6. The minimum atomic E-state index is -1.04. The van der Waals surface area contributed by atoms with Gasteiger partial charge in [0.15, 0.2) is 11.5 Å². The molecule has 1 aromatic rings. The molecular weight excluding hydrogens is 274 g/mol. The van der Waals surface area contributed by atoms with Crippen LogP contribution in [-0.2, 0) is 4.79 Å². The van der Waals surface area contributed by atoms with Gasteiger partial charge in [-0.15, -0.1) is 0 Å². The molecule has 0 aliphatic rings. The van der Waals surface area contributed by atoms with E-state index in [0.29, 0.717) is 36.5 Å². The molecule has 0 heterocycles. The Balaban J connectivity index is 2.91. The number of ether oxygens (including phenoxy) is 2. The molecule has 0 unspecified atom stereocenters. The van der Waals surface area contributed by atoms with Crippen LogP contribution in [-0.4, -0.2) is 36.7 Å². The van der Waals surface area contributed by atoms with Crippen LogP contribution in [0.4, 0.5) is 0 Å². The van der Waals surface area contributed by atoms with Crippen LogP contribution in [0.5, 0.6) is 11.5 Å². The molecule has 0 saturated heterocycles. The summed E-state index contributed by atoms with van der Waals surface area (Å²) in [4.78, 5) is 23.2. The number of rotatable bonds is 8. The number of methoxy groups -OCH3 is 1. The van der Waals surface area contributed by atoms with Gasteiger partial charge < -0.3 is 19.9 Å². The van der Waals surface area contributed by atoms with Crippen molar-refractivity contribution in [3.05, 3.63) is 23.8 Å². The average molecular weight is 295 g/mol. The maximum atomic E-state index is 12.1. The highest BCUT2D eigenvalue weighted by Gasteiger charge is 2.20. The summed E-state index contributed by atoms with van der Waals surface area (Å²) in [5, 5.41) is 11.6. The minimum Gasteiger partial charge on any atom is -0.493 e. The van der Waals surface area contributed by atoms with Gasteiger partial charge in [-0.3, -0.25) is 4.79 Å². The van der Waals surface area contributed by atoms with Gasteiger partial charge in [-0.1, -0.05) is 13.3 Å². The standard InChI is InChI=1S/C15H21NO5/c1-4-6-11(15(18)19)16-14(17)10-7-8-12(20-3)13(9-10)21-5-2/h7-9,11H,4-6H2,1-3H3,(H,16,17)(H,18,19)/t11-/m0/s1. The highest BCUT2D eigenvalue weighted by Crippen LogP contribution is 2.28. The van der Waals surface area contributed by atoms with Gasteiger partial charge in [0.25, 0.3) is 5.91 Å². The lowest BCUT2D eigenvalue weighted by atomic mass is 10.1. The maximum Gasteiger partial charge on any atom is 0.326 e. The summed E-state index contributed by atoms with van der Waals surface area (Å²) < 4.78 is 10.5. The first-order valence-electron chi connectivity index (χ1n) is 6.87. The third kappa shape index (κ3) is 4.66. The van der Waals surface area contributed by atoms with Crippen LogP contribution in [0, 0.1) is 0 Å². The second kappa shape index (κ2) is 8.14. The van der Waals surface area contributed by atoms with Crippen molar-refractivity contribution in [3.63, 3.8) is 0 Å². The van der Waals surface area contributed by atoms with E-state index in [-0.39, 0.29) is 0 Å². The summed E-state index contributed by atoms with van der Waals surface area (Å²) in [5.74, 6) is -0.505. The topological polar surface area (TPSA) is 84.9 Å². The van der Waals surface area contributed by atoms with Crippen molar-refractivity contribution in [1.82, 2.24) is 5.32 Å². The molecule has 116 valence electrons. The van der Waals surface area contributed by atoms with Gasteiger partial charge in [0.05, 0.1) is 13.7 Å². The van der Waals surface area contributed by atoms with Gasteiger partial charge in [0.1, 0.15) is 6.04 Å². The predicted molar refractivity (Wildman–Crippen MR) is 78.0 cm³/mol. The molecule has 0 bridgehead atoms. The van der Waals surface area contributed by atoms with E-state index in [1.54, 1.807) is 18.2 Å². The highest BCUT2D eigenvalue weighted by molar-refractivity contribution is 5.97. The Morgan fingerprint density at radius 2 is 2.00 bits per heavy atom. The van der Waals surface area contributed by atoms with Crippen molar-refractivity contribution in [1.29, 1.82) is 0 Å². The number of hydrogen-bond donors (Lipinski definition) is 2. The second-order valence-electron chi connectivity index (χ2n) is 4.45. The van der Waals surface area contributed by atoms with E-state index in [0.717, 1.165) is 0 Å². The number of carboxylic acid groups (broad SMARTS) is 1. The van der Waals surface area contributed by atoms with Crippen molar-refractivity contribution in [2.45, 2.75) is 32.7 Å². The zero-order valence-electron chi connectivity index (χ0n) is 12.5. The number of carboxylic acids is 1. The fourth-order valence-electron chi connectivity index (χ4n) is 1.87. The first-order chi connectivity index (χ1) is 10.0. The third-order valence-electron chi connectivity index (χ3n) is 2.91.